The van der Waals surface area contributed by atoms with Gasteiger partial charge in [0.05, 0.1) is 5.69 Å². The number of nitrogens with zero attached hydrogens (tertiary/aromatic N) is 2. The maximum atomic E-state index is 11.5. The van der Waals surface area contributed by atoms with Gasteiger partial charge in [-0.05, 0) is 26.3 Å². The Bertz CT molecular complexity index is 471. The van der Waals surface area contributed by atoms with Gasteiger partial charge in [-0.25, -0.2) is 9.98 Å². The number of nitrogen functional groups attached to an aromatic ring is 1. The largest absolute Gasteiger partial charge is 0.369 e. The van der Waals surface area contributed by atoms with Crippen LogP contribution in [-0.4, -0.2) is 16.2 Å². The summed E-state index contributed by atoms with van der Waals surface area (Å²) in [5, 5.41) is 0. The van der Waals surface area contributed by atoms with Gasteiger partial charge in [0, 0.05) is 6.21 Å². The van der Waals surface area contributed by atoms with E-state index in [9.17, 15) is 4.79 Å². The van der Waals surface area contributed by atoms with E-state index in [0.717, 1.165) is 5.57 Å². The molecule has 0 unspecified atom stereocenters. The molecule has 0 aliphatic heterocycles. The lowest BCUT2D eigenvalue weighted by Gasteiger charge is -1.99. The summed E-state index contributed by atoms with van der Waals surface area (Å²) in [5.41, 5.74) is 6.86. The van der Waals surface area contributed by atoms with Crippen LogP contribution in [0, 0.1) is 6.92 Å². The molecule has 0 spiro atoms. The van der Waals surface area contributed by atoms with Crippen LogP contribution in [0.15, 0.2) is 21.4 Å². The Morgan fingerprint density at radius 3 is 2.80 bits per heavy atom. The number of nitrogens with two attached hydrogens (primary N) is 1. The summed E-state index contributed by atoms with van der Waals surface area (Å²) in [6, 6.07) is 0. The van der Waals surface area contributed by atoms with Gasteiger partial charge in [-0.2, -0.15) is 0 Å². The smallest absolute Gasteiger partial charge is 0.278 e. The van der Waals surface area contributed by atoms with Gasteiger partial charge in [-0.1, -0.05) is 6.08 Å². The van der Waals surface area contributed by atoms with Crippen LogP contribution in [0.2, 0.25) is 0 Å². The molecule has 0 radical (unpaired) electrons. The molecule has 0 atom stereocenters. The summed E-state index contributed by atoms with van der Waals surface area (Å²) in [6.45, 7) is 5.50. The summed E-state index contributed by atoms with van der Waals surface area (Å²) < 4.78 is 0. The Labute approximate surface area is 87.8 Å². The highest BCUT2D eigenvalue weighted by molar-refractivity contribution is 5.80. The van der Waals surface area contributed by atoms with Crippen LogP contribution in [0.25, 0.3) is 0 Å². The van der Waals surface area contributed by atoms with E-state index in [1.54, 1.807) is 13.1 Å². The van der Waals surface area contributed by atoms with Crippen molar-refractivity contribution in [1.29, 1.82) is 0 Å². The molecule has 0 bridgehead atoms. The fraction of sp³-hybridized carbons (Fsp3) is 0.300. The number of aromatic amines is 1. The molecular formula is C10H14N4O. The van der Waals surface area contributed by atoms with E-state index in [1.807, 2.05) is 19.9 Å². The maximum Gasteiger partial charge on any atom is 0.278 e. The third-order valence-corrected chi connectivity index (χ3v) is 1.94. The molecule has 0 fully saturated rings. The van der Waals surface area contributed by atoms with Crippen LogP contribution < -0.4 is 11.3 Å². The molecule has 3 N–H and O–H groups in total. The number of hydrogen-bond acceptors (Lipinski definition) is 4. The maximum absolute atomic E-state index is 11.5. The molecule has 0 aliphatic rings. The zero-order chi connectivity index (χ0) is 11.4. The zero-order valence-electron chi connectivity index (χ0n) is 9.03. The Hall–Kier alpha value is -1.91. The Morgan fingerprint density at radius 1 is 1.60 bits per heavy atom. The van der Waals surface area contributed by atoms with E-state index in [1.165, 1.54) is 0 Å². The molecule has 5 heteroatoms. The van der Waals surface area contributed by atoms with Gasteiger partial charge >= 0.3 is 0 Å². The van der Waals surface area contributed by atoms with Crippen molar-refractivity contribution in [3.8, 4) is 0 Å². The van der Waals surface area contributed by atoms with Crippen molar-refractivity contribution in [2.24, 2.45) is 4.99 Å². The summed E-state index contributed by atoms with van der Waals surface area (Å²) in [6.07, 6.45) is 3.52. The van der Waals surface area contributed by atoms with Crippen molar-refractivity contribution >= 4 is 17.9 Å². The molecule has 0 saturated carbocycles. The van der Waals surface area contributed by atoms with Crippen molar-refractivity contribution in [2.75, 3.05) is 5.73 Å². The summed E-state index contributed by atoms with van der Waals surface area (Å²) in [5.74, 6) is 0.110. The molecule has 1 heterocycles. The monoisotopic (exact) mass is 206 g/mol. The summed E-state index contributed by atoms with van der Waals surface area (Å²) in [4.78, 5) is 21.8. The highest BCUT2D eigenvalue weighted by atomic mass is 16.1. The number of aromatic nitrogens is 2. The van der Waals surface area contributed by atoms with Gasteiger partial charge < -0.3 is 5.73 Å². The Balaban J connectivity index is 3.17. The van der Waals surface area contributed by atoms with Crippen LogP contribution in [-0.2, 0) is 0 Å². The standard InChI is InChI=1S/C10H14N4O/c1-4-6(2)5-12-8-7(3)13-10(11)14-9(8)15/h4-5H,1-3H3,(H3,11,13,14,15)/b6-4-,12-5?. The van der Waals surface area contributed by atoms with Crippen molar-refractivity contribution in [3.05, 3.63) is 27.7 Å². The predicted molar refractivity (Wildman–Crippen MR) is 61.6 cm³/mol. The zero-order valence-corrected chi connectivity index (χ0v) is 9.03. The van der Waals surface area contributed by atoms with Crippen molar-refractivity contribution in [2.45, 2.75) is 20.8 Å². The van der Waals surface area contributed by atoms with E-state index in [2.05, 4.69) is 15.0 Å². The number of aryl methyl sites for hydroxylation is 1. The molecule has 0 aromatic carbocycles. The topological polar surface area (TPSA) is 84.1 Å². The van der Waals surface area contributed by atoms with Crippen LogP contribution in [0.4, 0.5) is 11.6 Å². The number of rotatable bonds is 2. The molecule has 5 nitrogen and oxygen atoms in total. The van der Waals surface area contributed by atoms with Gasteiger partial charge in [-0.3, -0.25) is 9.78 Å². The molecule has 1 aromatic rings. The molecule has 1 aromatic heterocycles. The minimum atomic E-state index is -0.319. The van der Waals surface area contributed by atoms with Gasteiger partial charge in [0.25, 0.3) is 5.56 Å². The van der Waals surface area contributed by atoms with Gasteiger partial charge in [0.15, 0.2) is 0 Å². The summed E-state index contributed by atoms with van der Waals surface area (Å²) in [7, 11) is 0. The lowest BCUT2D eigenvalue weighted by molar-refractivity contribution is 1.07. The van der Waals surface area contributed by atoms with Gasteiger partial charge in [0.1, 0.15) is 5.69 Å². The molecule has 1 rings (SSSR count). The lowest BCUT2D eigenvalue weighted by Crippen LogP contribution is -2.12. The number of H-pyrrole nitrogens is 1. The van der Waals surface area contributed by atoms with Gasteiger partial charge in [0.2, 0.25) is 5.95 Å². The molecule has 0 saturated heterocycles. The molecule has 15 heavy (non-hydrogen) atoms. The molecule has 80 valence electrons. The molecule has 0 amide bonds. The number of hydrogen-bond donors (Lipinski definition) is 2. The van der Waals surface area contributed by atoms with Crippen LogP contribution in [0.5, 0.6) is 0 Å². The average molecular weight is 206 g/mol. The average Bonchev–Trinajstić information content (AvgIpc) is 2.15. The molecular weight excluding hydrogens is 192 g/mol. The van der Waals surface area contributed by atoms with Gasteiger partial charge in [-0.15, -0.1) is 0 Å². The minimum Gasteiger partial charge on any atom is -0.369 e. The second-order valence-electron chi connectivity index (χ2n) is 3.18. The van der Waals surface area contributed by atoms with E-state index >= 15 is 0 Å². The first-order valence-electron chi connectivity index (χ1n) is 4.58. The third kappa shape index (κ3) is 2.77. The number of nitrogens with one attached hydrogen (secondary N) is 1. The third-order valence-electron chi connectivity index (χ3n) is 1.94. The first-order valence-corrected chi connectivity index (χ1v) is 4.58. The van der Waals surface area contributed by atoms with Crippen molar-refractivity contribution < 1.29 is 0 Å². The highest BCUT2D eigenvalue weighted by Crippen LogP contribution is 2.09. The normalized spacial score (nSPS) is 12.3. The number of aliphatic imine (C=N–C) groups is 1. The van der Waals surface area contributed by atoms with Crippen LogP contribution in [0.3, 0.4) is 0 Å². The highest BCUT2D eigenvalue weighted by Gasteiger charge is 2.03. The fourth-order valence-electron chi connectivity index (χ4n) is 0.994. The fourth-order valence-corrected chi connectivity index (χ4v) is 0.994. The first kappa shape index (κ1) is 11.2. The van der Waals surface area contributed by atoms with E-state index in [-0.39, 0.29) is 11.5 Å². The van der Waals surface area contributed by atoms with Crippen molar-refractivity contribution in [3.63, 3.8) is 0 Å². The predicted octanol–water partition coefficient (Wildman–Crippen LogP) is 1.33. The van der Waals surface area contributed by atoms with Crippen LogP contribution >= 0.6 is 0 Å². The van der Waals surface area contributed by atoms with Crippen molar-refractivity contribution in [1.82, 2.24) is 9.97 Å². The lowest BCUT2D eigenvalue weighted by atomic mass is 10.3. The quantitative estimate of drug-likeness (QED) is 0.716. The SMILES string of the molecule is C/C=C(/C)C=Nc1c(C)nc(N)[nH]c1=O. The first-order chi connectivity index (χ1) is 7.04. The Morgan fingerprint density at radius 2 is 2.27 bits per heavy atom. The number of allylic oxidation sites excluding steroid dienone is 2. The van der Waals surface area contributed by atoms with Crippen LogP contribution in [0.1, 0.15) is 19.5 Å². The molecule has 0 aliphatic carbocycles. The van der Waals surface area contributed by atoms with E-state index in [0.29, 0.717) is 11.4 Å². The second-order valence-corrected chi connectivity index (χ2v) is 3.18. The summed E-state index contributed by atoms with van der Waals surface area (Å²) >= 11 is 0. The van der Waals surface area contributed by atoms with E-state index < -0.39 is 0 Å². The van der Waals surface area contributed by atoms with E-state index in [4.69, 9.17) is 5.73 Å². The number of anilines is 1. The Kier molecular flexibility index (Phi) is 3.38. The second kappa shape index (κ2) is 4.54. The minimum absolute atomic E-state index is 0.110.